The number of likely N-dealkylation sites (N-methyl/N-ethyl adjacent to an activating group) is 1. The second-order valence-electron chi connectivity index (χ2n) is 6.56. The molecule has 2 aromatic rings. The Hall–Kier alpha value is -2.89. The van der Waals surface area contributed by atoms with Crippen LogP contribution in [-0.2, 0) is 11.2 Å². The lowest BCUT2D eigenvalue weighted by molar-refractivity contribution is -0.129. The Labute approximate surface area is 159 Å². The maximum absolute atomic E-state index is 12.4. The van der Waals surface area contributed by atoms with E-state index >= 15 is 0 Å². The zero-order chi connectivity index (χ0) is 19.1. The first kappa shape index (κ1) is 18.9. The van der Waals surface area contributed by atoms with Gasteiger partial charge in [-0.25, -0.2) is 0 Å². The molecule has 0 radical (unpaired) electrons. The average molecular weight is 368 g/mol. The van der Waals surface area contributed by atoms with Crippen LogP contribution in [0.1, 0.15) is 35.2 Å². The maximum atomic E-state index is 12.4. The largest absolute Gasteiger partial charge is 0.486 e. The molecule has 1 aliphatic rings. The van der Waals surface area contributed by atoms with Crippen LogP contribution in [0.5, 0.6) is 11.5 Å². The van der Waals surface area contributed by atoms with Crippen molar-refractivity contribution in [1.29, 1.82) is 0 Å². The summed E-state index contributed by atoms with van der Waals surface area (Å²) in [6, 6.07) is 9.13. The molecule has 1 aromatic heterocycles. The molecule has 1 aliphatic heterocycles. The second kappa shape index (κ2) is 9.16. The van der Waals surface area contributed by atoms with Crippen molar-refractivity contribution in [1.82, 2.24) is 9.88 Å². The number of carbonyl (C=O) groups is 2. The SMILES string of the molecule is CN(CCc1ccncc1)C(=O)CCCC(=O)c1ccc2c(c1)OCCO2. The Morgan fingerprint density at radius 1 is 1.04 bits per heavy atom. The molecule has 0 bridgehead atoms. The van der Waals surface area contributed by atoms with Gasteiger partial charge in [-0.1, -0.05) is 0 Å². The Balaban J connectivity index is 1.42. The van der Waals surface area contributed by atoms with Crippen molar-refractivity contribution < 1.29 is 19.1 Å². The van der Waals surface area contributed by atoms with Crippen LogP contribution in [0.4, 0.5) is 0 Å². The Kier molecular flexibility index (Phi) is 6.41. The molecule has 2 heterocycles. The molecule has 6 nitrogen and oxygen atoms in total. The quantitative estimate of drug-likeness (QED) is 0.670. The Morgan fingerprint density at radius 3 is 2.56 bits per heavy atom. The van der Waals surface area contributed by atoms with Gasteiger partial charge in [-0.15, -0.1) is 0 Å². The van der Waals surface area contributed by atoms with E-state index in [-0.39, 0.29) is 11.7 Å². The van der Waals surface area contributed by atoms with Gasteiger partial charge in [0.15, 0.2) is 17.3 Å². The highest BCUT2D eigenvalue weighted by Gasteiger charge is 2.16. The fourth-order valence-corrected chi connectivity index (χ4v) is 2.92. The van der Waals surface area contributed by atoms with Crippen molar-refractivity contribution in [2.75, 3.05) is 26.8 Å². The molecule has 6 heteroatoms. The van der Waals surface area contributed by atoms with Crippen LogP contribution in [0.3, 0.4) is 0 Å². The van der Waals surface area contributed by atoms with Crippen LogP contribution in [0.2, 0.25) is 0 Å². The molecule has 0 saturated carbocycles. The van der Waals surface area contributed by atoms with Crippen molar-refractivity contribution in [2.24, 2.45) is 0 Å². The molecule has 0 saturated heterocycles. The standard InChI is InChI=1S/C21H24N2O4/c1-23(12-9-16-7-10-22-11-8-16)21(25)4-2-3-18(24)17-5-6-19-20(15-17)27-14-13-26-19/h5-8,10-11,15H,2-4,9,12-14H2,1H3. The first-order chi connectivity index (χ1) is 13.1. The van der Waals surface area contributed by atoms with Crippen LogP contribution in [0.25, 0.3) is 0 Å². The van der Waals surface area contributed by atoms with E-state index in [4.69, 9.17) is 9.47 Å². The summed E-state index contributed by atoms with van der Waals surface area (Å²) in [6.07, 6.45) is 5.53. The van der Waals surface area contributed by atoms with Gasteiger partial charge in [0.05, 0.1) is 0 Å². The zero-order valence-corrected chi connectivity index (χ0v) is 15.5. The topological polar surface area (TPSA) is 68.7 Å². The third-order valence-electron chi connectivity index (χ3n) is 4.57. The van der Waals surface area contributed by atoms with E-state index in [0.717, 1.165) is 12.0 Å². The number of carbonyl (C=O) groups excluding carboxylic acids is 2. The van der Waals surface area contributed by atoms with Crippen molar-refractivity contribution in [3.8, 4) is 11.5 Å². The van der Waals surface area contributed by atoms with Crippen LogP contribution >= 0.6 is 0 Å². The van der Waals surface area contributed by atoms with Gasteiger partial charge >= 0.3 is 0 Å². The Morgan fingerprint density at radius 2 is 1.78 bits per heavy atom. The highest BCUT2D eigenvalue weighted by molar-refractivity contribution is 5.96. The van der Waals surface area contributed by atoms with Gasteiger partial charge in [0.1, 0.15) is 13.2 Å². The van der Waals surface area contributed by atoms with E-state index in [1.54, 1.807) is 42.5 Å². The molecule has 1 aromatic carbocycles. The number of Topliss-reactive ketones (excluding diaryl/α,β-unsaturated/α-hetero) is 1. The minimum atomic E-state index is 0.0132. The summed E-state index contributed by atoms with van der Waals surface area (Å²) in [6.45, 7) is 1.67. The van der Waals surface area contributed by atoms with Gasteiger partial charge in [0.25, 0.3) is 0 Å². The number of benzene rings is 1. The van der Waals surface area contributed by atoms with Crippen molar-refractivity contribution in [2.45, 2.75) is 25.7 Å². The van der Waals surface area contributed by atoms with Crippen molar-refractivity contribution in [3.63, 3.8) is 0 Å². The van der Waals surface area contributed by atoms with Crippen LogP contribution in [-0.4, -0.2) is 48.4 Å². The van der Waals surface area contributed by atoms with E-state index in [9.17, 15) is 9.59 Å². The molecule has 0 unspecified atom stereocenters. The molecule has 142 valence electrons. The van der Waals surface area contributed by atoms with Gasteiger partial charge in [0, 0.05) is 44.4 Å². The third kappa shape index (κ3) is 5.29. The van der Waals surface area contributed by atoms with Gasteiger partial charge in [-0.2, -0.15) is 0 Å². The molecular weight excluding hydrogens is 344 g/mol. The Bertz CT molecular complexity index is 792. The third-order valence-corrected chi connectivity index (χ3v) is 4.57. The monoisotopic (exact) mass is 368 g/mol. The van der Waals surface area contributed by atoms with E-state index in [2.05, 4.69) is 4.98 Å². The number of aromatic nitrogens is 1. The summed E-state index contributed by atoms with van der Waals surface area (Å²) in [5.74, 6) is 1.35. The van der Waals surface area contributed by atoms with Gasteiger partial charge in [-0.05, 0) is 48.7 Å². The van der Waals surface area contributed by atoms with Gasteiger partial charge in [0.2, 0.25) is 5.91 Å². The molecule has 27 heavy (non-hydrogen) atoms. The number of rotatable bonds is 8. The van der Waals surface area contributed by atoms with E-state index in [1.807, 2.05) is 12.1 Å². The fraction of sp³-hybridized carbons (Fsp3) is 0.381. The lowest BCUT2D eigenvalue weighted by Gasteiger charge is -2.18. The number of ether oxygens (including phenoxy) is 2. The minimum absolute atomic E-state index is 0.0132. The normalized spacial score (nSPS) is 12.5. The highest BCUT2D eigenvalue weighted by Crippen LogP contribution is 2.31. The fourth-order valence-electron chi connectivity index (χ4n) is 2.92. The number of fused-ring (bicyclic) bond motifs is 1. The van der Waals surface area contributed by atoms with E-state index in [1.165, 1.54) is 0 Å². The first-order valence-corrected chi connectivity index (χ1v) is 9.19. The molecule has 0 spiro atoms. The lowest BCUT2D eigenvalue weighted by atomic mass is 10.0. The van der Waals surface area contributed by atoms with Gasteiger partial charge < -0.3 is 14.4 Å². The number of ketones is 1. The van der Waals surface area contributed by atoms with Crippen molar-refractivity contribution in [3.05, 3.63) is 53.9 Å². The van der Waals surface area contributed by atoms with E-state index < -0.39 is 0 Å². The smallest absolute Gasteiger partial charge is 0.222 e. The highest BCUT2D eigenvalue weighted by atomic mass is 16.6. The molecule has 3 rings (SSSR count). The molecule has 0 fully saturated rings. The molecular formula is C21H24N2O4. The molecule has 0 aliphatic carbocycles. The molecule has 1 amide bonds. The van der Waals surface area contributed by atoms with Crippen LogP contribution in [0, 0.1) is 0 Å². The summed E-state index contributed by atoms with van der Waals surface area (Å²) < 4.78 is 11.0. The number of nitrogens with zero attached hydrogens (tertiary/aromatic N) is 2. The lowest BCUT2D eigenvalue weighted by Crippen LogP contribution is -2.28. The molecule has 0 atom stereocenters. The molecule has 0 N–H and O–H groups in total. The van der Waals surface area contributed by atoms with Gasteiger partial charge in [-0.3, -0.25) is 14.6 Å². The van der Waals surface area contributed by atoms with E-state index in [0.29, 0.717) is 56.1 Å². The predicted octanol–water partition coefficient (Wildman–Crippen LogP) is 2.91. The summed E-state index contributed by atoms with van der Waals surface area (Å²) in [5, 5.41) is 0. The summed E-state index contributed by atoms with van der Waals surface area (Å²) >= 11 is 0. The second-order valence-corrected chi connectivity index (χ2v) is 6.56. The van der Waals surface area contributed by atoms with Crippen molar-refractivity contribution >= 4 is 11.7 Å². The summed E-state index contributed by atoms with van der Waals surface area (Å²) in [4.78, 5) is 30.3. The predicted molar refractivity (Wildman–Crippen MR) is 101 cm³/mol. The minimum Gasteiger partial charge on any atom is -0.486 e. The summed E-state index contributed by atoms with van der Waals surface area (Å²) in [7, 11) is 1.80. The average Bonchev–Trinajstić information content (AvgIpc) is 2.72. The zero-order valence-electron chi connectivity index (χ0n) is 15.5. The number of hydrogen-bond acceptors (Lipinski definition) is 5. The number of hydrogen-bond donors (Lipinski definition) is 0. The van der Waals surface area contributed by atoms with Crippen LogP contribution in [0.15, 0.2) is 42.7 Å². The summed E-state index contributed by atoms with van der Waals surface area (Å²) in [5.41, 5.74) is 1.75. The maximum Gasteiger partial charge on any atom is 0.222 e. The number of pyridine rings is 1. The number of amides is 1. The first-order valence-electron chi connectivity index (χ1n) is 9.19. The van der Waals surface area contributed by atoms with Crippen LogP contribution < -0.4 is 9.47 Å².